The van der Waals surface area contributed by atoms with Crippen molar-refractivity contribution in [2.75, 3.05) is 33.2 Å². The van der Waals surface area contributed by atoms with E-state index in [9.17, 15) is 12.8 Å². The van der Waals surface area contributed by atoms with Gasteiger partial charge < -0.3 is 4.90 Å². The normalized spacial score (nSPS) is 18.2. The second-order valence-electron chi connectivity index (χ2n) is 4.43. The highest BCUT2D eigenvalue weighted by molar-refractivity contribution is 7.89. The summed E-state index contributed by atoms with van der Waals surface area (Å²) >= 11 is 0. The number of benzene rings is 1. The molecule has 1 heterocycles. The van der Waals surface area contributed by atoms with Crippen LogP contribution < -0.4 is 0 Å². The average molecular weight is 283 g/mol. The summed E-state index contributed by atoms with van der Waals surface area (Å²) in [6, 6.07) is 5.29. The van der Waals surface area contributed by atoms with Gasteiger partial charge >= 0.3 is 0 Å². The molecule has 1 aromatic rings. The van der Waals surface area contributed by atoms with Crippen molar-refractivity contribution in [2.24, 2.45) is 0 Å². The van der Waals surface area contributed by atoms with Crippen LogP contribution in [0.5, 0.6) is 0 Å². The van der Waals surface area contributed by atoms with Crippen LogP contribution in [-0.2, 0) is 10.0 Å². The number of halogens is 1. The Balaban J connectivity index is 2.41. The molecule has 1 aliphatic rings. The van der Waals surface area contributed by atoms with Gasteiger partial charge in [0.2, 0.25) is 10.0 Å². The van der Waals surface area contributed by atoms with Crippen LogP contribution in [0.3, 0.4) is 0 Å². The first-order valence-corrected chi connectivity index (χ1v) is 7.28. The van der Waals surface area contributed by atoms with Gasteiger partial charge in [-0.1, -0.05) is 6.07 Å². The van der Waals surface area contributed by atoms with E-state index >= 15 is 0 Å². The monoisotopic (exact) mass is 283 g/mol. The molecule has 0 bridgehead atoms. The number of sulfonamides is 1. The number of hydrogen-bond acceptors (Lipinski definition) is 4. The van der Waals surface area contributed by atoms with E-state index in [1.54, 1.807) is 6.07 Å². The van der Waals surface area contributed by atoms with Gasteiger partial charge in [0.1, 0.15) is 22.3 Å². The molecule has 0 aromatic heterocycles. The number of piperazine rings is 1. The number of hydrogen-bond donors (Lipinski definition) is 0. The van der Waals surface area contributed by atoms with Crippen LogP contribution >= 0.6 is 0 Å². The third-order valence-corrected chi connectivity index (χ3v) is 5.11. The molecule has 102 valence electrons. The van der Waals surface area contributed by atoms with E-state index < -0.39 is 21.4 Å². The van der Waals surface area contributed by atoms with Gasteiger partial charge in [-0.3, -0.25) is 0 Å². The Labute approximate surface area is 111 Å². The Morgan fingerprint density at radius 2 is 1.89 bits per heavy atom. The number of nitriles is 1. The van der Waals surface area contributed by atoms with Crippen molar-refractivity contribution in [1.29, 1.82) is 5.26 Å². The zero-order chi connectivity index (χ0) is 14.0. The van der Waals surface area contributed by atoms with E-state index in [1.165, 1.54) is 16.4 Å². The third kappa shape index (κ3) is 2.61. The van der Waals surface area contributed by atoms with Crippen LogP contribution in [-0.4, -0.2) is 50.8 Å². The maximum Gasteiger partial charge on any atom is 0.244 e. The third-order valence-electron chi connectivity index (χ3n) is 3.17. The van der Waals surface area contributed by atoms with Crippen LogP contribution in [0.2, 0.25) is 0 Å². The van der Waals surface area contributed by atoms with Crippen LogP contribution in [0.4, 0.5) is 4.39 Å². The number of likely N-dealkylation sites (N-methyl/N-ethyl adjacent to an activating group) is 1. The summed E-state index contributed by atoms with van der Waals surface area (Å²) in [6.45, 7) is 1.94. The van der Waals surface area contributed by atoms with E-state index in [0.29, 0.717) is 26.2 Å². The molecule has 0 unspecified atom stereocenters. The first-order chi connectivity index (χ1) is 8.96. The van der Waals surface area contributed by atoms with Gasteiger partial charge in [-0.25, -0.2) is 12.8 Å². The first kappa shape index (κ1) is 13.9. The van der Waals surface area contributed by atoms with E-state index in [4.69, 9.17) is 5.26 Å². The Morgan fingerprint density at radius 1 is 1.26 bits per heavy atom. The maximum absolute atomic E-state index is 13.5. The quantitative estimate of drug-likeness (QED) is 0.798. The van der Waals surface area contributed by atoms with Crippen molar-refractivity contribution in [2.45, 2.75) is 4.90 Å². The lowest BCUT2D eigenvalue weighted by Crippen LogP contribution is -2.47. The summed E-state index contributed by atoms with van der Waals surface area (Å²) < 4.78 is 39.6. The lowest BCUT2D eigenvalue weighted by atomic mass is 10.2. The fourth-order valence-corrected chi connectivity index (χ4v) is 3.57. The molecule has 0 radical (unpaired) electrons. The van der Waals surface area contributed by atoms with Gasteiger partial charge in [-0.2, -0.15) is 9.57 Å². The summed E-state index contributed by atoms with van der Waals surface area (Å²) in [5.41, 5.74) is -0.415. The minimum Gasteiger partial charge on any atom is -0.304 e. The Hall–Kier alpha value is -1.49. The lowest BCUT2D eigenvalue weighted by Gasteiger charge is -2.31. The minimum atomic E-state index is -3.81. The molecule has 0 saturated carbocycles. The van der Waals surface area contributed by atoms with Gasteiger partial charge in [0.05, 0.1) is 0 Å². The lowest BCUT2D eigenvalue weighted by molar-refractivity contribution is 0.222. The zero-order valence-corrected chi connectivity index (χ0v) is 11.3. The highest BCUT2D eigenvalue weighted by atomic mass is 32.2. The number of rotatable bonds is 2. The predicted octanol–water partition coefficient (Wildman–Crippen LogP) is 0.633. The molecule has 1 fully saturated rings. The molecule has 0 N–H and O–H groups in total. The van der Waals surface area contributed by atoms with Crippen molar-refractivity contribution in [1.82, 2.24) is 9.21 Å². The standard InChI is InChI=1S/C12H14FN3O2S/c1-15-5-7-16(8-6-15)19(17,18)12-4-2-3-11(13)10(12)9-14/h2-4H,5-8H2,1H3. The van der Waals surface area contributed by atoms with Crippen molar-refractivity contribution in [3.8, 4) is 6.07 Å². The maximum atomic E-state index is 13.5. The van der Waals surface area contributed by atoms with Gasteiger partial charge in [-0.05, 0) is 19.2 Å². The summed E-state index contributed by atoms with van der Waals surface area (Å²) in [5.74, 6) is -0.808. The fourth-order valence-electron chi connectivity index (χ4n) is 2.00. The molecule has 7 heteroatoms. The summed E-state index contributed by atoms with van der Waals surface area (Å²) in [4.78, 5) is 1.77. The molecule has 19 heavy (non-hydrogen) atoms. The summed E-state index contributed by atoms with van der Waals surface area (Å²) in [6.07, 6.45) is 0. The van der Waals surface area contributed by atoms with Gasteiger partial charge in [0, 0.05) is 26.2 Å². The van der Waals surface area contributed by atoms with E-state index in [0.717, 1.165) is 6.07 Å². The smallest absolute Gasteiger partial charge is 0.244 e. The molecule has 0 aliphatic carbocycles. The summed E-state index contributed by atoms with van der Waals surface area (Å²) in [7, 11) is -1.90. The molecule has 1 saturated heterocycles. The van der Waals surface area contributed by atoms with Crippen LogP contribution in [0, 0.1) is 17.1 Å². The van der Waals surface area contributed by atoms with Crippen molar-refractivity contribution < 1.29 is 12.8 Å². The highest BCUT2D eigenvalue weighted by Crippen LogP contribution is 2.22. The molecular formula is C12H14FN3O2S. The largest absolute Gasteiger partial charge is 0.304 e. The fraction of sp³-hybridized carbons (Fsp3) is 0.417. The molecule has 5 nitrogen and oxygen atoms in total. The summed E-state index contributed by atoms with van der Waals surface area (Å²) in [5, 5.41) is 8.92. The van der Waals surface area contributed by atoms with E-state index in [2.05, 4.69) is 0 Å². The van der Waals surface area contributed by atoms with Crippen LogP contribution in [0.1, 0.15) is 5.56 Å². The number of nitrogens with zero attached hydrogens (tertiary/aromatic N) is 3. The predicted molar refractivity (Wildman–Crippen MR) is 67.4 cm³/mol. The van der Waals surface area contributed by atoms with Crippen LogP contribution in [0.15, 0.2) is 23.1 Å². The highest BCUT2D eigenvalue weighted by Gasteiger charge is 2.30. The molecule has 1 aliphatic heterocycles. The topological polar surface area (TPSA) is 64.4 Å². The van der Waals surface area contributed by atoms with Gasteiger partial charge in [0.15, 0.2) is 0 Å². The molecule has 1 aromatic carbocycles. The SMILES string of the molecule is CN1CCN(S(=O)(=O)c2cccc(F)c2C#N)CC1. The Morgan fingerprint density at radius 3 is 2.47 bits per heavy atom. The average Bonchev–Trinajstić information content (AvgIpc) is 2.39. The van der Waals surface area contributed by atoms with Crippen LogP contribution in [0.25, 0.3) is 0 Å². The molecular weight excluding hydrogens is 269 g/mol. The van der Waals surface area contributed by atoms with Gasteiger partial charge in [0.25, 0.3) is 0 Å². The molecule has 0 amide bonds. The van der Waals surface area contributed by atoms with E-state index in [1.807, 2.05) is 11.9 Å². The van der Waals surface area contributed by atoms with Crippen molar-refractivity contribution >= 4 is 10.0 Å². The Bertz CT molecular complexity index is 616. The van der Waals surface area contributed by atoms with E-state index in [-0.39, 0.29) is 4.90 Å². The molecule has 0 atom stereocenters. The molecule has 2 rings (SSSR count). The minimum absolute atomic E-state index is 0.250. The molecule has 0 spiro atoms. The second kappa shape index (κ2) is 5.25. The van der Waals surface area contributed by atoms with Crippen molar-refractivity contribution in [3.05, 3.63) is 29.6 Å². The van der Waals surface area contributed by atoms with Crippen molar-refractivity contribution in [3.63, 3.8) is 0 Å². The zero-order valence-electron chi connectivity index (χ0n) is 10.5. The Kier molecular flexibility index (Phi) is 3.85. The first-order valence-electron chi connectivity index (χ1n) is 5.84. The van der Waals surface area contributed by atoms with Gasteiger partial charge in [-0.15, -0.1) is 0 Å². The second-order valence-corrected chi connectivity index (χ2v) is 6.34.